The molecule has 4 heteroatoms. The number of halogens is 2. The molecule has 2 nitrogen and oxygen atoms in total. The van der Waals surface area contributed by atoms with E-state index in [4.69, 9.17) is 23.2 Å². The lowest BCUT2D eigenvalue weighted by atomic mass is 10.0. The van der Waals surface area contributed by atoms with E-state index in [2.05, 4.69) is 6.92 Å². The van der Waals surface area contributed by atoms with Crippen LogP contribution in [0.25, 0.3) is 0 Å². The van der Waals surface area contributed by atoms with Crippen LogP contribution in [-0.2, 0) is 9.59 Å². The third kappa shape index (κ3) is 17.3. The van der Waals surface area contributed by atoms with Gasteiger partial charge in [0.25, 0.3) is 0 Å². The Labute approximate surface area is 171 Å². The van der Waals surface area contributed by atoms with Crippen molar-refractivity contribution in [2.24, 2.45) is 5.92 Å². The van der Waals surface area contributed by atoms with Crippen LogP contribution in [0.1, 0.15) is 122 Å². The van der Waals surface area contributed by atoms with Crippen LogP contribution in [0.2, 0.25) is 0 Å². The first-order valence-corrected chi connectivity index (χ1v) is 11.7. The SMILES string of the molecule is CCCCCCCCCCCCCCCCCCCC(C(=O)Cl)C(=O)Cl. The highest BCUT2D eigenvalue weighted by Crippen LogP contribution is 2.18. The van der Waals surface area contributed by atoms with Gasteiger partial charge in [-0.3, -0.25) is 9.59 Å². The fourth-order valence-electron chi connectivity index (χ4n) is 3.39. The maximum Gasteiger partial charge on any atom is 0.233 e. The van der Waals surface area contributed by atoms with Crippen molar-refractivity contribution in [3.63, 3.8) is 0 Å². The Morgan fingerprint density at radius 3 is 1.08 bits per heavy atom. The normalized spacial score (nSPS) is 11.2. The molecule has 0 aliphatic carbocycles. The topological polar surface area (TPSA) is 34.1 Å². The molecule has 0 saturated heterocycles. The Morgan fingerprint density at radius 1 is 0.538 bits per heavy atom. The summed E-state index contributed by atoms with van der Waals surface area (Å²) in [5.41, 5.74) is 0. The van der Waals surface area contributed by atoms with E-state index in [9.17, 15) is 9.59 Å². The highest BCUT2D eigenvalue weighted by Gasteiger charge is 2.22. The first-order valence-electron chi connectivity index (χ1n) is 11.0. The van der Waals surface area contributed by atoms with E-state index < -0.39 is 16.4 Å². The van der Waals surface area contributed by atoms with E-state index in [0.717, 1.165) is 19.3 Å². The van der Waals surface area contributed by atoms with Gasteiger partial charge in [0.2, 0.25) is 10.5 Å². The summed E-state index contributed by atoms with van der Waals surface area (Å²) >= 11 is 10.7. The minimum atomic E-state index is -0.810. The van der Waals surface area contributed by atoms with Crippen molar-refractivity contribution in [3.05, 3.63) is 0 Å². The van der Waals surface area contributed by atoms with Crippen LogP contribution in [0.15, 0.2) is 0 Å². The molecule has 0 aliphatic heterocycles. The van der Waals surface area contributed by atoms with E-state index in [0.29, 0.717) is 6.42 Å². The fourth-order valence-corrected chi connectivity index (χ4v) is 3.86. The van der Waals surface area contributed by atoms with Gasteiger partial charge >= 0.3 is 0 Å². The highest BCUT2D eigenvalue weighted by molar-refractivity contribution is 6.73. The molecule has 0 radical (unpaired) electrons. The molecule has 0 saturated carbocycles. The molecule has 0 spiro atoms. The Bertz CT molecular complexity index is 331. The maximum atomic E-state index is 11.0. The van der Waals surface area contributed by atoms with E-state index in [1.54, 1.807) is 0 Å². The summed E-state index contributed by atoms with van der Waals surface area (Å²) in [6.45, 7) is 2.27. The predicted molar refractivity (Wildman–Crippen MR) is 114 cm³/mol. The van der Waals surface area contributed by atoms with Gasteiger partial charge in [-0.2, -0.15) is 0 Å². The van der Waals surface area contributed by atoms with Crippen molar-refractivity contribution >= 4 is 33.7 Å². The van der Waals surface area contributed by atoms with E-state index in [1.165, 1.54) is 89.9 Å². The molecule has 0 aromatic heterocycles. The molecular weight excluding hydrogens is 367 g/mol. The van der Waals surface area contributed by atoms with E-state index in [-0.39, 0.29) is 0 Å². The smallest absolute Gasteiger partial charge is 0.233 e. The molecular formula is C22H40Cl2O2. The standard InChI is InChI=1S/C22H40Cl2O2/c1-2-3-4-5-6-7-8-9-10-11-12-13-14-15-16-17-18-19-20(21(23)25)22(24)26/h20H,2-19H2,1H3. The second kappa shape index (κ2) is 19.7. The molecule has 26 heavy (non-hydrogen) atoms. The van der Waals surface area contributed by atoms with Gasteiger partial charge in [0.1, 0.15) is 5.92 Å². The van der Waals surface area contributed by atoms with Crippen molar-refractivity contribution < 1.29 is 9.59 Å². The predicted octanol–water partition coefficient (Wildman–Crippen LogP) is 8.18. The molecule has 0 amide bonds. The lowest BCUT2D eigenvalue weighted by molar-refractivity contribution is -0.124. The van der Waals surface area contributed by atoms with Crippen LogP contribution in [0.5, 0.6) is 0 Å². The number of rotatable bonds is 20. The van der Waals surface area contributed by atoms with E-state index in [1.807, 2.05) is 0 Å². The lowest BCUT2D eigenvalue weighted by Crippen LogP contribution is -2.15. The van der Waals surface area contributed by atoms with Crippen molar-refractivity contribution in [2.75, 3.05) is 0 Å². The van der Waals surface area contributed by atoms with Gasteiger partial charge in [0.15, 0.2) is 0 Å². The number of unbranched alkanes of at least 4 members (excludes halogenated alkanes) is 16. The molecule has 154 valence electrons. The Morgan fingerprint density at radius 2 is 0.808 bits per heavy atom. The zero-order valence-electron chi connectivity index (χ0n) is 16.9. The maximum absolute atomic E-state index is 11.0. The molecule has 0 fully saturated rings. The second-order valence-electron chi connectivity index (χ2n) is 7.61. The van der Waals surface area contributed by atoms with Crippen LogP contribution < -0.4 is 0 Å². The number of carbonyl (C=O) groups excluding carboxylic acids is 2. The summed E-state index contributed by atoms with van der Waals surface area (Å²) < 4.78 is 0. The number of carbonyl (C=O) groups is 2. The third-order valence-electron chi connectivity index (χ3n) is 5.14. The summed E-state index contributed by atoms with van der Waals surface area (Å²) in [6, 6.07) is 0. The van der Waals surface area contributed by atoms with Crippen molar-refractivity contribution in [2.45, 2.75) is 122 Å². The van der Waals surface area contributed by atoms with E-state index >= 15 is 0 Å². The molecule has 0 aromatic carbocycles. The van der Waals surface area contributed by atoms with Crippen LogP contribution in [-0.4, -0.2) is 10.5 Å². The Balaban J connectivity index is 3.20. The van der Waals surface area contributed by atoms with Crippen LogP contribution in [0.3, 0.4) is 0 Å². The molecule has 0 N–H and O–H groups in total. The average Bonchev–Trinajstić information content (AvgIpc) is 2.60. The van der Waals surface area contributed by atoms with Crippen LogP contribution in [0, 0.1) is 5.92 Å². The largest absolute Gasteiger partial charge is 0.280 e. The second-order valence-corrected chi connectivity index (χ2v) is 8.35. The number of hydrogen-bond acceptors (Lipinski definition) is 2. The summed E-state index contributed by atoms with van der Waals surface area (Å²) in [5, 5.41) is -1.25. The average molecular weight is 407 g/mol. The molecule has 0 rings (SSSR count). The zero-order valence-corrected chi connectivity index (χ0v) is 18.4. The van der Waals surface area contributed by atoms with Crippen molar-refractivity contribution in [3.8, 4) is 0 Å². The van der Waals surface area contributed by atoms with Gasteiger partial charge in [-0.1, -0.05) is 116 Å². The first-order chi connectivity index (χ1) is 12.6. The summed E-state index contributed by atoms with van der Waals surface area (Å²) in [7, 11) is 0. The molecule has 0 atom stereocenters. The van der Waals surface area contributed by atoms with Gasteiger partial charge < -0.3 is 0 Å². The molecule has 0 unspecified atom stereocenters. The zero-order chi connectivity index (χ0) is 19.5. The van der Waals surface area contributed by atoms with Gasteiger partial charge in [-0.25, -0.2) is 0 Å². The van der Waals surface area contributed by atoms with Crippen LogP contribution in [0.4, 0.5) is 0 Å². The van der Waals surface area contributed by atoms with Crippen molar-refractivity contribution in [1.82, 2.24) is 0 Å². The third-order valence-corrected chi connectivity index (χ3v) is 5.67. The van der Waals surface area contributed by atoms with Gasteiger partial charge in [0, 0.05) is 0 Å². The molecule has 0 bridgehead atoms. The monoisotopic (exact) mass is 406 g/mol. The summed E-state index contributed by atoms with van der Waals surface area (Å²) in [4.78, 5) is 22.1. The molecule has 0 aromatic rings. The Hall–Kier alpha value is -0.0800. The van der Waals surface area contributed by atoms with Gasteiger partial charge in [0.05, 0.1) is 0 Å². The fraction of sp³-hybridized carbons (Fsp3) is 0.909. The lowest BCUT2D eigenvalue weighted by Gasteiger charge is -2.07. The summed E-state index contributed by atoms with van der Waals surface area (Å²) in [6.07, 6.45) is 22.8. The van der Waals surface area contributed by atoms with Gasteiger partial charge in [-0.15, -0.1) is 0 Å². The minimum Gasteiger partial charge on any atom is -0.280 e. The first kappa shape index (κ1) is 25.9. The Kier molecular flexibility index (Phi) is 19.6. The van der Waals surface area contributed by atoms with Gasteiger partial charge in [-0.05, 0) is 29.6 Å². The minimum absolute atomic E-state index is 0.489. The quantitative estimate of drug-likeness (QED) is 0.116. The molecule has 0 aliphatic rings. The van der Waals surface area contributed by atoms with Crippen molar-refractivity contribution in [1.29, 1.82) is 0 Å². The molecule has 0 heterocycles. The highest BCUT2D eigenvalue weighted by atomic mass is 35.5. The summed E-state index contributed by atoms with van der Waals surface area (Å²) in [5.74, 6) is -0.810. The van der Waals surface area contributed by atoms with Crippen LogP contribution >= 0.6 is 23.2 Å². The number of hydrogen-bond donors (Lipinski definition) is 0.